The van der Waals surface area contributed by atoms with Crippen molar-refractivity contribution >= 4 is 32.6 Å². The van der Waals surface area contributed by atoms with E-state index in [9.17, 15) is 18.6 Å². The molecular weight excluding hydrogens is 408 g/mol. The topological polar surface area (TPSA) is 123 Å². The lowest BCUT2D eigenvalue weighted by atomic mass is 10.2. The van der Waals surface area contributed by atoms with E-state index in [1.54, 1.807) is 24.0 Å². The molecule has 162 valence electrons. The number of β-amino-alcohol motifs (C(OH)–C–C–N with tert-alkyl or cyclic N) is 2. The van der Waals surface area contributed by atoms with Crippen LogP contribution < -0.4 is 5.32 Å². The minimum absolute atomic E-state index is 0.0517. The van der Waals surface area contributed by atoms with Crippen molar-refractivity contribution in [2.24, 2.45) is 12.0 Å². The highest BCUT2D eigenvalue weighted by molar-refractivity contribution is 7.90. The van der Waals surface area contributed by atoms with Crippen LogP contribution in [0.1, 0.15) is 0 Å². The Bertz CT molecular complexity index is 1120. The molecule has 3 unspecified atom stereocenters. The Kier molecular flexibility index (Phi) is 5.30. The van der Waals surface area contributed by atoms with Gasteiger partial charge in [0.15, 0.2) is 21.2 Å². The number of benzene rings is 1. The van der Waals surface area contributed by atoms with Crippen LogP contribution in [0.15, 0.2) is 40.0 Å². The van der Waals surface area contributed by atoms with Crippen molar-refractivity contribution in [3.63, 3.8) is 0 Å². The molecule has 1 aromatic carbocycles. The van der Waals surface area contributed by atoms with Crippen molar-refractivity contribution in [3.8, 4) is 0 Å². The first-order valence-corrected chi connectivity index (χ1v) is 11.5. The summed E-state index contributed by atoms with van der Waals surface area (Å²) in [6.07, 6.45) is 2.95. The summed E-state index contributed by atoms with van der Waals surface area (Å²) in [5, 5.41) is 27.6. The number of hydrogen-bond acceptors (Lipinski definition) is 9. The number of aliphatic hydroxyl groups is 2. The number of hydrogen-bond donors (Lipinski definition) is 3. The second-order valence-corrected chi connectivity index (χ2v) is 9.78. The number of sulfone groups is 1. The molecule has 1 saturated heterocycles. The summed E-state index contributed by atoms with van der Waals surface area (Å²) in [5.41, 5.74) is 2.44. The quantitative estimate of drug-likeness (QED) is 0.581. The van der Waals surface area contributed by atoms with Gasteiger partial charge in [-0.1, -0.05) is 0 Å². The second-order valence-electron chi connectivity index (χ2n) is 7.85. The van der Waals surface area contributed by atoms with Crippen LogP contribution in [0.4, 0.5) is 5.69 Å². The van der Waals surface area contributed by atoms with E-state index in [0.717, 1.165) is 23.2 Å². The summed E-state index contributed by atoms with van der Waals surface area (Å²) >= 11 is 0. The van der Waals surface area contributed by atoms with E-state index >= 15 is 0 Å². The minimum atomic E-state index is -3.46. The van der Waals surface area contributed by atoms with Gasteiger partial charge < -0.3 is 20.4 Å². The molecule has 0 bridgehead atoms. The van der Waals surface area contributed by atoms with Gasteiger partial charge in [-0.05, 0) is 24.3 Å². The van der Waals surface area contributed by atoms with E-state index < -0.39 is 22.0 Å². The number of likely N-dealkylation sites (N-methyl/N-ethyl adjacent to an activating group) is 1. The third-order valence-electron chi connectivity index (χ3n) is 5.50. The smallest absolute Gasteiger partial charge is 0.196 e. The van der Waals surface area contributed by atoms with Crippen molar-refractivity contribution in [2.45, 2.75) is 23.5 Å². The number of aromatic nitrogens is 2. The average Bonchev–Trinajstić information content (AvgIpc) is 3.17. The van der Waals surface area contributed by atoms with E-state index in [1.807, 2.05) is 35.1 Å². The molecule has 1 fully saturated rings. The number of nitrogens with zero attached hydrogens (tertiary/aromatic N) is 5. The number of aliphatic hydroxyl groups excluding tert-OH is 2. The molecule has 0 spiro atoms. The van der Waals surface area contributed by atoms with E-state index in [0.29, 0.717) is 25.0 Å². The molecular formula is C19H26N6O4S. The molecule has 2 aromatic rings. The fourth-order valence-electron chi connectivity index (χ4n) is 3.83. The van der Waals surface area contributed by atoms with Crippen LogP contribution >= 0.6 is 0 Å². The van der Waals surface area contributed by atoms with Gasteiger partial charge in [-0.3, -0.25) is 9.58 Å². The summed E-state index contributed by atoms with van der Waals surface area (Å²) in [4.78, 5) is 8.44. The molecule has 30 heavy (non-hydrogen) atoms. The number of allylic oxidation sites excluding steroid dienone is 1. The summed E-state index contributed by atoms with van der Waals surface area (Å²) in [6.45, 7) is 1.43. The van der Waals surface area contributed by atoms with Crippen LogP contribution in [0.3, 0.4) is 0 Å². The largest absolute Gasteiger partial charge is 0.389 e. The molecule has 0 saturated carbocycles. The van der Waals surface area contributed by atoms with Crippen molar-refractivity contribution in [2.75, 3.05) is 38.3 Å². The van der Waals surface area contributed by atoms with Gasteiger partial charge in [-0.25, -0.2) is 13.4 Å². The SMILES string of the molecule is CN1C(CN2CC(O)C(O)C2)=CC=NC1Nc1ccc2c(c1)c(S(C)(=O)=O)nn2C. The predicted molar refractivity (Wildman–Crippen MR) is 114 cm³/mol. The predicted octanol–water partition coefficient (Wildman–Crippen LogP) is -0.390. The number of nitrogens with one attached hydrogen (secondary N) is 1. The lowest BCUT2D eigenvalue weighted by molar-refractivity contribution is 0.0572. The van der Waals surface area contributed by atoms with Gasteiger partial charge in [0.2, 0.25) is 0 Å². The standard InChI is InChI=1S/C19H26N6O4S/c1-23-13(9-25-10-16(26)17(27)11-25)6-7-20-19(23)21-12-4-5-15-14(8-12)18(22-24(15)2)30(3,28)29/h4-8,16-17,19,21,26-27H,9-11H2,1-3H3. The number of rotatable bonds is 5. The zero-order chi connectivity index (χ0) is 21.6. The van der Waals surface area contributed by atoms with Gasteiger partial charge in [-0.15, -0.1) is 0 Å². The number of aliphatic imine (C=N–C) groups is 1. The van der Waals surface area contributed by atoms with Crippen LogP contribution in [-0.2, 0) is 16.9 Å². The molecule has 4 rings (SSSR count). The third kappa shape index (κ3) is 3.93. The highest BCUT2D eigenvalue weighted by Crippen LogP contribution is 2.27. The third-order valence-corrected chi connectivity index (χ3v) is 6.50. The normalized spacial score (nSPS) is 25.2. The summed E-state index contributed by atoms with van der Waals surface area (Å²) in [6, 6.07) is 5.47. The van der Waals surface area contributed by atoms with E-state index in [4.69, 9.17) is 0 Å². The van der Waals surface area contributed by atoms with Crippen molar-refractivity contribution in [1.82, 2.24) is 19.6 Å². The van der Waals surface area contributed by atoms with E-state index in [2.05, 4.69) is 15.4 Å². The van der Waals surface area contributed by atoms with Gasteiger partial charge in [0.25, 0.3) is 0 Å². The van der Waals surface area contributed by atoms with Crippen molar-refractivity contribution in [3.05, 3.63) is 30.0 Å². The van der Waals surface area contributed by atoms with Crippen LogP contribution in [0.25, 0.3) is 10.9 Å². The first kappa shape index (κ1) is 20.8. The maximum absolute atomic E-state index is 12.1. The van der Waals surface area contributed by atoms with E-state index in [-0.39, 0.29) is 11.3 Å². The molecule has 0 amide bonds. The van der Waals surface area contributed by atoms with Gasteiger partial charge in [-0.2, -0.15) is 5.10 Å². The van der Waals surface area contributed by atoms with Gasteiger partial charge in [0, 0.05) is 63.0 Å². The van der Waals surface area contributed by atoms with Crippen LogP contribution in [0, 0.1) is 0 Å². The molecule has 0 aliphatic carbocycles. The maximum Gasteiger partial charge on any atom is 0.196 e. The molecule has 11 heteroatoms. The zero-order valence-electron chi connectivity index (χ0n) is 17.1. The number of anilines is 1. The molecule has 10 nitrogen and oxygen atoms in total. The van der Waals surface area contributed by atoms with Gasteiger partial charge in [0.1, 0.15) is 0 Å². The first-order valence-electron chi connectivity index (χ1n) is 9.60. The van der Waals surface area contributed by atoms with Crippen LogP contribution in [0.2, 0.25) is 0 Å². The fraction of sp³-hybridized carbons (Fsp3) is 0.474. The monoisotopic (exact) mass is 434 g/mol. The van der Waals surface area contributed by atoms with Crippen molar-refractivity contribution in [1.29, 1.82) is 0 Å². The number of aryl methyl sites for hydroxylation is 1. The van der Waals surface area contributed by atoms with Crippen molar-refractivity contribution < 1.29 is 18.6 Å². The number of fused-ring (bicyclic) bond motifs is 1. The van der Waals surface area contributed by atoms with Gasteiger partial charge >= 0.3 is 0 Å². The lowest BCUT2D eigenvalue weighted by Crippen LogP contribution is -2.41. The van der Waals surface area contributed by atoms with Crippen LogP contribution in [-0.4, -0.2) is 95.9 Å². The molecule has 2 aliphatic heterocycles. The zero-order valence-corrected chi connectivity index (χ0v) is 17.9. The molecule has 3 atom stereocenters. The Hall–Kier alpha value is -2.47. The highest BCUT2D eigenvalue weighted by atomic mass is 32.2. The Morgan fingerprint density at radius 3 is 2.57 bits per heavy atom. The molecule has 1 aromatic heterocycles. The number of likely N-dealkylation sites (tertiary alicyclic amines) is 1. The molecule has 2 aliphatic rings. The molecule has 3 heterocycles. The Labute approximate surface area is 175 Å². The molecule has 3 N–H and O–H groups in total. The lowest BCUT2D eigenvalue weighted by Gasteiger charge is -2.34. The molecule has 0 radical (unpaired) electrons. The summed E-state index contributed by atoms with van der Waals surface area (Å²) in [7, 11) is 0.169. The Morgan fingerprint density at radius 2 is 1.90 bits per heavy atom. The summed E-state index contributed by atoms with van der Waals surface area (Å²) in [5.74, 6) is 0. The average molecular weight is 435 g/mol. The second kappa shape index (κ2) is 7.65. The van der Waals surface area contributed by atoms with E-state index in [1.165, 1.54) is 0 Å². The Morgan fingerprint density at radius 1 is 1.20 bits per heavy atom. The fourth-order valence-corrected chi connectivity index (χ4v) is 4.67. The minimum Gasteiger partial charge on any atom is -0.389 e. The van der Waals surface area contributed by atoms with Gasteiger partial charge in [0.05, 0.1) is 17.7 Å². The maximum atomic E-state index is 12.1. The highest BCUT2D eigenvalue weighted by Gasteiger charge is 2.31. The van der Waals surface area contributed by atoms with Crippen LogP contribution in [0.5, 0.6) is 0 Å². The first-order chi connectivity index (χ1) is 14.1. The Balaban J connectivity index is 1.52. The summed E-state index contributed by atoms with van der Waals surface area (Å²) < 4.78 is 25.7.